The van der Waals surface area contributed by atoms with Gasteiger partial charge in [-0.3, -0.25) is 4.79 Å². The number of rotatable bonds is 6. The standard InChI is InChI=1S/C13H20N2O2/c1-4-17-12-7-5-11(6-8-12)14-10-9-13(16)15(2)3/h5-8,14H,4,9-10H2,1-3H3. The van der Waals surface area contributed by atoms with Crippen LogP contribution in [0.25, 0.3) is 0 Å². The van der Waals surface area contributed by atoms with Crippen molar-refractivity contribution in [2.45, 2.75) is 13.3 Å². The maximum atomic E-state index is 11.3. The zero-order valence-electron chi connectivity index (χ0n) is 10.7. The second-order valence-electron chi connectivity index (χ2n) is 3.92. The molecule has 0 saturated carbocycles. The molecule has 1 amide bonds. The fourth-order valence-electron chi connectivity index (χ4n) is 1.37. The highest BCUT2D eigenvalue weighted by Gasteiger charge is 2.02. The van der Waals surface area contributed by atoms with Gasteiger partial charge in [0, 0.05) is 32.7 Å². The average molecular weight is 236 g/mol. The zero-order chi connectivity index (χ0) is 12.7. The number of nitrogens with zero attached hydrogens (tertiary/aromatic N) is 1. The summed E-state index contributed by atoms with van der Waals surface area (Å²) in [4.78, 5) is 12.9. The van der Waals surface area contributed by atoms with E-state index in [0.717, 1.165) is 11.4 Å². The van der Waals surface area contributed by atoms with Gasteiger partial charge < -0.3 is 15.0 Å². The van der Waals surface area contributed by atoms with E-state index >= 15 is 0 Å². The average Bonchev–Trinajstić information content (AvgIpc) is 2.31. The van der Waals surface area contributed by atoms with Crippen molar-refractivity contribution in [3.63, 3.8) is 0 Å². The van der Waals surface area contributed by atoms with Crippen LogP contribution in [0.2, 0.25) is 0 Å². The Kier molecular flexibility index (Phi) is 5.33. The molecule has 1 aromatic carbocycles. The van der Waals surface area contributed by atoms with Gasteiger partial charge in [-0.05, 0) is 31.2 Å². The van der Waals surface area contributed by atoms with Crippen molar-refractivity contribution < 1.29 is 9.53 Å². The van der Waals surface area contributed by atoms with E-state index in [2.05, 4.69) is 5.32 Å². The topological polar surface area (TPSA) is 41.6 Å². The molecule has 0 fully saturated rings. The molecule has 4 nitrogen and oxygen atoms in total. The number of nitrogens with one attached hydrogen (secondary N) is 1. The summed E-state index contributed by atoms with van der Waals surface area (Å²) < 4.78 is 5.35. The van der Waals surface area contributed by atoms with Crippen molar-refractivity contribution >= 4 is 11.6 Å². The van der Waals surface area contributed by atoms with Gasteiger partial charge in [-0.25, -0.2) is 0 Å². The van der Waals surface area contributed by atoms with Crippen molar-refractivity contribution in [3.05, 3.63) is 24.3 Å². The molecule has 0 aliphatic rings. The van der Waals surface area contributed by atoms with Gasteiger partial charge in [-0.2, -0.15) is 0 Å². The molecular formula is C13H20N2O2. The summed E-state index contributed by atoms with van der Waals surface area (Å²) in [5.74, 6) is 0.992. The monoisotopic (exact) mass is 236 g/mol. The Morgan fingerprint density at radius 2 is 1.94 bits per heavy atom. The Labute approximate surface area is 103 Å². The third-order valence-corrected chi connectivity index (χ3v) is 2.33. The molecule has 0 spiro atoms. The molecule has 0 saturated heterocycles. The van der Waals surface area contributed by atoms with Crippen LogP contribution in [0.4, 0.5) is 5.69 Å². The van der Waals surface area contributed by atoms with Gasteiger partial charge in [0.25, 0.3) is 0 Å². The third-order valence-electron chi connectivity index (χ3n) is 2.33. The van der Waals surface area contributed by atoms with Crippen LogP contribution < -0.4 is 10.1 Å². The van der Waals surface area contributed by atoms with Crippen molar-refractivity contribution in [2.75, 3.05) is 32.6 Å². The highest BCUT2D eigenvalue weighted by Crippen LogP contribution is 2.15. The van der Waals surface area contributed by atoms with Crippen LogP contribution in [0.3, 0.4) is 0 Å². The first-order valence-electron chi connectivity index (χ1n) is 5.80. The molecule has 4 heteroatoms. The highest BCUT2D eigenvalue weighted by atomic mass is 16.5. The molecule has 0 aliphatic carbocycles. The second-order valence-corrected chi connectivity index (χ2v) is 3.92. The van der Waals surface area contributed by atoms with Gasteiger partial charge in [0.15, 0.2) is 0 Å². The van der Waals surface area contributed by atoms with E-state index in [1.165, 1.54) is 0 Å². The molecule has 17 heavy (non-hydrogen) atoms. The van der Waals surface area contributed by atoms with Crippen LogP contribution in [0.5, 0.6) is 5.75 Å². The first-order valence-corrected chi connectivity index (χ1v) is 5.80. The number of amides is 1. The van der Waals surface area contributed by atoms with Crippen LogP contribution in [0.1, 0.15) is 13.3 Å². The van der Waals surface area contributed by atoms with Gasteiger partial charge in [-0.15, -0.1) is 0 Å². The van der Waals surface area contributed by atoms with Crippen LogP contribution in [0.15, 0.2) is 24.3 Å². The number of ether oxygens (including phenoxy) is 1. The maximum Gasteiger partial charge on any atom is 0.223 e. The van der Waals surface area contributed by atoms with Crippen molar-refractivity contribution in [1.82, 2.24) is 4.90 Å². The van der Waals surface area contributed by atoms with Crippen LogP contribution in [0, 0.1) is 0 Å². The van der Waals surface area contributed by atoms with Gasteiger partial charge >= 0.3 is 0 Å². The van der Waals surface area contributed by atoms with Crippen LogP contribution in [-0.2, 0) is 4.79 Å². The molecule has 0 atom stereocenters. The molecule has 0 radical (unpaired) electrons. The smallest absolute Gasteiger partial charge is 0.223 e. The fourth-order valence-corrected chi connectivity index (χ4v) is 1.37. The van der Waals surface area contributed by atoms with Crippen LogP contribution >= 0.6 is 0 Å². The van der Waals surface area contributed by atoms with Crippen molar-refractivity contribution in [3.8, 4) is 5.75 Å². The summed E-state index contributed by atoms with van der Waals surface area (Å²) in [6.45, 7) is 3.27. The van der Waals surface area contributed by atoms with E-state index in [1.54, 1.807) is 19.0 Å². The normalized spacial score (nSPS) is 9.82. The lowest BCUT2D eigenvalue weighted by atomic mass is 10.3. The summed E-state index contributed by atoms with van der Waals surface area (Å²) in [6, 6.07) is 7.73. The van der Waals surface area contributed by atoms with Crippen LogP contribution in [-0.4, -0.2) is 38.1 Å². The molecular weight excluding hydrogens is 216 g/mol. The predicted octanol–water partition coefficient (Wildman–Crippen LogP) is 1.98. The summed E-state index contributed by atoms with van der Waals surface area (Å²) in [5, 5.41) is 3.20. The SMILES string of the molecule is CCOc1ccc(NCCC(=O)N(C)C)cc1. The molecule has 0 aromatic heterocycles. The number of carbonyl (C=O) groups excluding carboxylic acids is 1. The lowest BCUT2D eigenvalue weighted by molar-refractivity contribution is -0.128. The van der Waals surface area contributed by atoms with Gasteiger partial charge in [0.05, 0.1) is 6.61 Å². The number of anilines is 1. The molecule has 0 bridgehead atoms. The summed E-state index contributed by atoms with van der Waals surface area (Å²) in [6.07, 6.45) is 0.500. The largest absolute Gasteiger partial charge is 0.494 e. The van der Waals surface area contributed by atoms with Gasteiger partial charge in [0.1, 0.15) is 5.75 Å². The number of carbonyl (C=O) groups is 1. The van der Waals surface area contributed by atoms with E-state index in [9.17, 15) is 4.79 Å². The van der Waals surface area contributed by atoms with E-state index in [0.29, 0.717) is 19.6 Å². The van der Waals surface area contributed by atoms with Crippen molar-refractivity contribution in [1.29, 1.82) is 0 Å². The molecule has 0 aliphatic heterocycles. The van der Waals surface area contributed by atoms with E-state index < -0.39 is 0 Å². The minimum Gasteiger partial charge on any atom is -0.494 e. The molecule has 94 valence electrons. The Hall–Kier alpha value is -1.71. The maximum absolute atomic E-state index is 11.3. The predicted molar refractivity (Wildman–Crippen MR) is 69.4 cm³/mol. The summed E-state index contributed by atoms with van der Waals surface area (Å²) in [7, 11) is 3.53. The Morgan fingerprint density at radius 1 is 1.29 bits per heavy atom. The van der Waals surface area contributed by atoms with E-state index in [-0.39, 0.29) is 5.91 Å². The first kappa shape index (κ1) is 13.4. The molecule has 1 rings (SSSR count). The summed E-state index contributed by atoms with van der Waals surface area (Å²) >= 11 is 0. The zero-order valence-corrected chi connectivity index (χ0v) is 10.7. The number of hydrogen-bond acceptors (Lipinski definition) is 3. The Bertz CT molecular complexity index is 347. The minimum atomic E-state index is 0.128. The van der Waals surface area contributed by atoms with E-state index in [1.807, 2.05) is 31.2 Å². The quantitative estimate of drug-likeness (QED) is 0.821. The molecule has 1 N–H and O–H groups in total. The minimum absolute atomic E-state index is 0.128. The Balaban J connectivity index is 2.34. The van der Waals surface area contributed by atoms with Gasteiger partial charge in [0.2, 0.25) is 5.91 Å². The molecule has 0 unspecified atom stereocenters. The first-order chi connectivity index (χ1) is 8.13. The lowest BCUT2D eigenvalue weighted by Gasteiger charge is -2.11. The summed E-state index contributed by atoms with van der Waals surface area (Å²) in [5.41, 5.74) is 1.00. The highest BCUT2D eigenvalue weighted by molar-refractivity contribution is 5.76. The number of benzene rings is 1. The van der Waals surface area contributed by atoms with E-state index in [4.69, 9.17) is 4.74 Å². The third kappa shape index (κ3) is 4.76. The molecule has 1 aromatic rings. The van der Waals surface area contributed by atoms with Crippen molar-refractivity contribution in [2.24, 2.45) is 0 Å². The fraction of sp³-hybridized carbons (Fsp3) is 0.462. The molecule has 0 heterocycles. The number of hydrogen-bond donors (Lipinski definition) is 1. The van der Waals surface area contributed by atoms with Gasteiger partial charge in [-0.1, -0.05) is 0 Å². The Morgan fingerprint density at radius 3 is 2.47 bits per heavy atom. The lowest BCUT2D eigenvalue weighted by Crippen LogP contribution is -2.23. The second kappa shape index (κ2) is 6.78.